The van der Waals surface area contributed by atoms with E-state index in [1.807, 2.05) is 24.4 Å². The van der Waals surface area contributed by atoms with Gasteiger partial charge in [-0.3, -0.25) is 4.98 Å². The molecule has 1 heterocycles. The van der Waals surface area contributed by atoms with E-state index in [9.17, 15) is 0 Å². The molecule has 0 amide bonds. The lowest BCUT2D eigenvalue weighted by atomic mass is 10.0. The third kappa shape index (κ3) is 3.56. The summed E-state index contributed by atoms with van der Waals surface area (Å²) in [6, 6.07) is 25.4. The Labute approximate surface area is 128 Å². The third-order valence-electron chi connectivity index (χ3n) is 3.60. The second kappa shape index (κ2) is 6.65. The van der Waals surface area contributed by atoms with Gasteiger partial charge in [-0.05, 0) is 35.2 Å². The van der Waals surface area contributed by atoms with Crippen LogP contribution in [0.25, 0.3) is 11.1 Å². The maximum Gasteiger partial charge on any atom is 0.0413 e. The van der Waals surface area contributed by atoms with Crippen LogP contribution in [-0.2, 0) is 6.42 Å². The Morgan fingerprint density at radius 2 is 1.43 bits per heavy atom. The molecule has 0 radical (unpaired) electrons. The molecular formula is C19H18NP. The van der Waals surface area contributed by atoms with Crippen LogP contribution in [0.4, 0.5) is 0 Å². The van der Waals surface area contributed by atoms with Crippen LogP contribution in [0.15, 0.2) is 79.0 Å². The Morgan fingerprint density at radius 3 is 2.10 bits per heavy atom. The van der Waals surface area contributed by atoms with Gasteiger partial charge in [0.1, 0.15) is 0 Å². The molecule has 0 aliphatic rings. The highest BCUT2D eigenvalue weighted by Gasteiger charge is 2.08. The van der Waals surface area contributed by atoms with Gasteiger partial charge in [-0.1, -0.05) is 60.7 Å². The molecule has 2 unspecified atom stereocenters. The van der Waals surface area contributed by atoms with Crippen molar-refractivity contribution in [3.05, 3.63) is 90.3 Å². The number of aromatic nitrogens is 1. The van der Waals surface area contributed by atoms with Crippen LogP contribution in [0, 0.1) is 0 Å². The zero-order valence-electron chi connectivity index (χ0n) is 11.8. The zero-order chi connectivity index (χ0) is 14.5. The molecule has 104 valence electrons. The zero-order valence-corrected chi connectivity index (χ0v) is 13.0. The van der Waals surface area contributed by atoms with Gasteiger partial charge in [-0.15, -0.1) is 9.24 Å². The molecule has 3 aromatic rings. The number of benzene rings is 2. The monoisotopic (exact) mass is 291 g/mol. The van der Waals surface area contributed by atoms with Gasteiger partial charge in [0.2, 0.25) is 0 Å². The van der Waals surface area contributed by atoms with E-state index in [0.717, 1.165) is 12.1 Å². The molecule has 0 aliphatic carbocycles. The van der Waals surface area contributed by atoms with Crippen LogP contribution in [0.2, 0.25) is 0 Å². The van der Waals surface area contributed by atoms with Crippen molar-refractivity contribution < 1.29 is 0 Å². The molecular weight excluding hydrogens is 273 g/mol. The summed E-state index contributed by atoms with van der Waals surface area (Å²) in [5.74, 6) is 0. The first-order chi connectivity index (χ1) is 10.3. The summed E-state index contributed by atoms with van der Waals surface area (Å²) < 4.78 is 0. The van der Waals surface area contributed by atoms with E-state index in [1.165, 1.54) is 16.7 Å². The van der Waals surface area contributed by atoms with Crippen molar-refractivity contribution in [3.8, 4) is 11.1 Å². The molecule has 2 aromatic carbocycles. The molecule has 3 rings (SSSR count). The first-order valence-corrected chi connectivity index (χ1v) is 7.80. The van der Waals surface area contributed by atoms with E-state index in [4.69, 9.17) is 0 Å². The number of pyridine rings is 1. The van der Waals surface area contributed by atoms with Crippen LogP contribution in [0.1, 0.15) is 16.9 Å². The van der Waals surface area contributed by atoms with E-state index < -0.39 is 0 Å². The molecule has 0 aliphatic heterocycles. The number of nitrogens with zero attached hydrogens (tertiary/aromatic N) is 1. The predicted octanol–water partition coefficient (Wildman–Crippen LogP) is 4.91. The van der Waals surface area contributed by atoms with Crippen molar-refractivity contribution in [2.24, 2.45) is 0 Å². The minimum atomic E-state index is 0.393. The van der Waals surface area contributed by atoms with Crippen LogP contribution >= 0.6 is 9.24 Å². The van der Waals surface area contributed by atoms with Crippen LogP contribution in [0.5, 0.6) is 0 Å². The molecule has 0 saturated heterocycles. The van der Waals surface area contributed by atoms with E-state index in [-0.39, 0.29) is 0 Å². The van der Waals surface area contributed by atoms with Gasteiger partial charge in [0.05, 0.1) is 0 Å². The lowest BCUT2D eigenvalue weighted by molar-refractivity contribution is 0.892. The standard InChI is InChI=1S/C19H18NP/c21-19(14-18-8-4-5-13-20-18)17-11-9-16(10-12-17)15-6-2-1-3-7-15/h1-13,19H,14,21H2. The fraction of sp³-hybridized carbons (Fsp3) is 0.105. The van der Waals surface area contributed by atoms with Crippen LogP contribution in [0.3, 0.4) is 0 Å². The van der Waals surface area contributed by atoms with E-state index in [2.05, 4.69) is 68.8 Å². The fourth-order valence-corrected chi connectivity index (χ4v) is 2.88. The van der Waals surface area contributed by atoms with Gasteiger partial charge in [0.25, 0.3) is 0 Å². The molecule has 0 saturated carbocycles. The molecule has 0 fully saturated rings. The summed E-state index contributed by atoms with van der Waals surface area (Å²) in [6.45, 7) is 0. The van der Waals surface area contributed by atoms with Gasteiger partial charge in [-0.2, -0.15) is 0 Å². The molecule has 1 aromatic heterocycles. The van der Waals surface area contributed by atoms with Gasteiger partial charge in [-0.25, -0.2) is 0 Å². The van der Waals surface area contributed by atoms with Gasteiger partial charge in [0.15, 0.2) is 0 Å². The summed E-state index contributed by atoms with van der Waals surface area (Å²) in [6.07, 6.45) is 2.79. The quantitative estimate of drug-likeness (QED) is 0.622. The summed E-state index contributed by atoms with van der Waals surface area (Å²) in [7, 11) is 2.93. The lowest BCUT2D eigenvalue weighted by Gasteiger charge is -2.12. The summed E-state index contributed by atoms with van der Waals surface area (Å²) in [4.78, 5) is 4.40. The van der Waals surface area contributed by atoms with Gasteiger partial charge < -0.3 is 0 Å². The fourth-order valence-electron chi connectivity index (χ4n) is 2.42. The number of rotatable bonds is 4. The highest BCUT2D eigenvalue weighted by Crippen LogP contribution is 2.28. The minimum absolute atomic E-state index is 0.393. The summed E-state index contributed by atoms with van der Waals surface area (Å²) in [5.41, 5.74) is 5.36. The predicted molar refractivity (Wildman–Crippen MR) is 92.3 cm³/mol. The highest BCUT2D eigenvalue weighted by molar-refractivity contribution is 7.17. The second-order valence-electron chi connectivity index (χ2n) is 5.12. The normalized spacial score (nSPS) is 12.0. The molecule has 1 nitrogen and oxygen atoms in total. The number of hydrogen-bond donors (Lipinski definition) is 0. The Hall–Kier alpha value is -1.98. The van der Waals surface area contributed by atoms with Gasteiger partial charge >= 0.3 is 0 Å². The maximum atomic E-state index is 4.40. The van der Waals surface area contributed by atoms with Crippen molar-refractivity contribution in [2.45, 2.75) is 12.1 Å². The van der Waals surface area contributed by atoms with Crippen molar-refractivity contribution in [1.29, 1.82) is 0 Å². The Balaban J connectivity index is 1.75. The molecule has 0 bridgehead atoms. The topological polar surface area (TPSA) is 12.9 Å². The van der Waals surface area contributed by atoms with Crippen molar-refractivity contribution in [2.75, 3.05) is 0 Å². The van der Waals surface area contributed by atoms with Crippen LogP contribution < -0.4 is 0 Å². The maximum absolute atomic E-state index is 4.40. The smallest absolute Gasteiger partial charge is 0.0413 e. The molecule has 21 heavy (non-hydrogen) atoms. The molecule has 2 heteroatoms. The molecule has 0 spiro atoms. The average molecular weight is 291 g/mol. The largest absolute Gasteiger partial charge is 0.261 e. The van der Waals surface area contributed by atoms with E-state index in [1.54, 1.807) is 0 Å². The third-order valence-corrected chi connectivity index (χ3v) is 4.22. The lowest BCUT2D eigenvalue weighted by Crippen LogP contribution is -1.97. The van der Waals surface area contributed by atoms with E-state index in [0.29, 0.717) is 5.66 Å². The van der Waals surface area contributed by atoms with E-state index >= 15 is 0 Å². The first kappa shape index (κ1) is 14.0. The van der Waals surface area contributed by atoms with Crippen LogP contribution in [-0.4, -0.2) is 4.98 Å². The summed E-state index contributed by atoms with van der Waals surface area (Å²) in [5, 5.41) is 0. The van der Waals surface area contributed by atoms with Crippen molar-refractivity contribution >= 4 is 9.24 Å². The van der Waals surface area contributed by atoms with Gasteiger partial charge in [0, 0.05) is 17.5 Å². The van der Waals surface area contributed by atoms with Crippen molar-refractivity contribution in [1.82, 2.24) is 4.98 Å². The minimum Gasteiger partial charge on any atom is -0.261 e. The number of hydrogen-bond acceptors (Lipinski definition) is 1. The first-order valence-electron chi connectivity index (χ1n) is 7.14. The second-order valence-corrected chi connectivity index (χ2v) is 5.92. The summed E-state index contributed by atoms with van der Waals surface area (Å²) >= 11 is 0. The Morgan fingerprint density at radius 1 is 0.762 bits per heavy atom. The average Bonchev–Trinajstić information content (AvgIpc) is 2.57. The Kier molecular flexibility index (Phi) is 4.43. The molecule has 0 N–H and O–H groups in total. The van der Waals surface area contributed by atoms with Crippen molar-refractivity contribution in [3.63, 3.8) is 0 Å². The highest BCUT2D eigenvalue weighted by atomic mass is 31.0. The SMILES string of the molecule is PC(Cc1ccccn1)c1ccc(-c2ccccc2)cc1. The molecule has 2 atom stereocenters. The Bertz CT molecular complexity index is 678.